The van der Waals surface area contributed by atoms with E-state index in [1.54, 1.807) is 0 Å². The van der Waals surface area contributed by atoms with Crippen LogP contribution >= 0.6 is 0 Å². The maximum absolute atomic E-state index is 10.6. The van der Waals surface area contributed by atoms with E-state index in [9.17, 15) is 9.59 Å². The van der Waals surface area contributed by atoms with E-state index in [0.29, 0.717) is 106 Å². The lowest BCUT2D eigenvalue weighted by Gasteiger charge is -2.24. The van der Waals surface area contributed by atoms with Crippen molar-refractivity contribution < 1.29 is 57.0 Å². The molecular formula is C30H51NO12. The second-order valence-electron chi connectivity index (χ2n) is 8.90. The van der Waals surface area contributed by atoms with Gasteiger partial charge in [0.05, 0.1) is 106 Å². The van der Waals surface area contributed by atoms with Gasteiger partial charge in [-0.15, -0.1) is 0 Å². The SMILES string of the molecule is CC(=O)OCCOCCOCCOCCOCCN(CCOCCOCCOCCOCCOC(C)=O)c1ccccc1. The molecule has 0 fully saturated rings. The van der Waals surface area contributed by atoms with Crippen LogP contribution in [0.5, 0.6) is 0 Å². The number of para-hydroxylation sites is 1. The molecular weight excluding hydrogens is 566 g/mol. The van der Waals surface area contributed by atoms with Gasteiger partial charge < -0.3 is 52.3 Å². The summed E-state index contributed by atoms with van der Waals surface area (Å²) in [4.78, 5) is 23.5. The van der Waals surface area contributed by atoms with Crippen molar-refractivity contribution in [3.8, 4) is 0 Å². The third-order valence-electron chi connectivity index (χ3n) is 5.43. The third-order valence-corrected chi connectivity index (χ3v) is 5.43. The molecule has 0 aliphatic rings. The summed E-state index contributed by atoms with van der Waals surface area (Å²) in [5.74, 6) is -0.625. The molecule has 0 bridgehead atoms. The van der Waals surface area contributed by atoms with Crippen molar-refractivity contribution in [1.29, 1.82) is 0 Å². The van der Waals surface area contributed by atoms with Gasteiger partial charge in [-0.05, 0) is 12.1 Å². The molecule has 1 rings (SSSR count). The number of anilines is 1. The van der Waals surface area contributed by atoms with Gasteiger partial charge in [0, 0.05) is 32.6 Å². The van der Waals surface area contributed by atoms with Crippen LogP contribution in [0.1, 0.15) is 13.8 Å². The Morgan fingerprint density at radius 1 is 0.442 bits per heavy atom. The zero-order valence-corrected chi connectivity index (χ0v) is 25.9. The first-order valence-corrected chi connectivity index (χ1v) is 14.8. The molecule has 43 heavy (non-hydrogen) atoms. The molecule has 0 unspecified atom stereocenters. The number of hydrogen-bond donors (Lipinski definition) is 0. The predicted molar refractivity (Wildman–Crippen MR) is 158 cm³/mol. The average Bonchev–Trinajstić information content (AvgIpc) is 3.00. The first kappa shape index (κ1) is 38.7. The zero-order valence-electron chi connectivity index (χ0n) is 25.9. The first-order chi connectivity index (χ1) is 21.1. The van der Waals surface area contributed by atoms with E-state index in [4.69, 9.17) is 47.4 Å². The van der Waals surface area contributed by atoms with Gasteiger partial charge in [-0.1, -0.05) is 18.2 Å². The second kappa shape index (κ2) is 29.7. The van der Waals surface area contributed by atoms with Crippen molar-refractivity contribution in [2.75, 3.05) is 137 Å². The summed E-state index contributed by atoms with van der Waals surface area (Å²) in [7, 11) is 0. The van der Waals surface area contributed by atoms with Gasteiger partial charge in [0.2, 0.25) is 0 Å². The van der Waals surface area contributed by atoms with Crippen LogP contribution in [-0.2, 0) is 57.0 Å². The molecule has 0 aliphatic carbocycles. The van der Waals surface area contributed by atoms with Crippen LogP contribution in [0.15, 0.2) is 30.3 Å². The van der Waals surface area contributed by atoms with E-state index in [1.807, 2.05) is 18.2 Å². The van der Waals surface area contributed by atoms with Crippen molar-refractivity contribution in [2.24, 2.45) is 0 Å². The summed E-state index contributed by atoms with van der Waals surface area (Å²) in [6, 6.07) is 10.2. The molecule has 0 radical (unpaired) electrons. The van der Waals surface area contributed by atoms with Crippen molar-refractivity contribution in [1.82, 2.24) is 0 Å². The van der Waals surface area contributed by atoms with Gasteiger partial charge in [0.25, 0.3) is 0 Å². The Morgan fingerprint density at radius 2 is 0.721 bits per heavy atom. The molecule has 0 saturated heterocycles. The van der Waals surface area contributed by atoms with Crippen LogP contribution in [0.3, 0.4) is 0 Å². The number of benzene rings is 1. The molecule has 0 heterocycles. The highest BCUT2D eigenvalue weighted by atomic mass is 16.6. The van der Waals surface area contributed by atoms with E-state index in [2.05, 4.69) is 17.0 Å². The Bertz CT molecular complexity index is 727. The van der Waals surface area contributed by atoms with Crippen LogP contribution in [0.4, 0.5) is 5.69 Å². The maximum atomic E-state index is 10.6. The van der Waals surface area contributed by atoms with Crippen molar-refractivity contribution in [2.45, 2.75) is 13.8 Å². The number of carbonyl (C=O) groups is 2. The molecule has 1 aromatic rings. The summed E-state index contributed by atoms with van der Waals surface area (Å²) in [6.07, 6.45) is 0. The number of nitrogens with zero attached hydrogens (tertiary/aromatic N) is 1. The molecule has 13 heteroatoms. The minimum Gasteiger partial charge on any atom is -0.463 e. The fourth-order valence-electron chi connectivity index (χ4n) is 3.37. The molecule has 1 aromatic carbocycles. The standard InChI is InChI=1S/C30H51NO12/c1-28(32)42-26-24-40-22-20-38-18-16-36-14-12-34-10-8-31(30-6-4-3-5-7-30)9-11-35-13-15-37-17-19-39-21-23-41-25-27-43-29(2)33/h3-7H,8-27H2,1-2H3. The van der Waals surface area contributed by atoms with Gasteiger partial charge in [-0.25, -0.2) is 0 Å². The Morgan fingerprint density at radius 3 is 1.02 bits per heavy atom. The first-order valence-electron chi connectivity index (χ1n) is 14.8. The molecule has 0 aromatic heterocycles. The smallest absolute Gasteiger partial charge is 0.302 e. The highest BCUT2D eigenvalue weighted by molar-refractivity contribution is 5.66. The molecule has 0 N–H and O–H groups in total. The molecule has 0 spiro atoms. The van der Waals surface area contributed by atoms with Gasteiger partial charge in [-0.3, -0.25) is 9.59 Å². The van der Waals surface area contributed by atoms with Crippen molar-refractivity contribution >= 4 is 17.6 Å². The monoisotopic (exact) mass is 617 g/mol. The Hall–Kier alpha value is -2.36. The number of hydrogen-bond acceptors (Lipinski definition) is 13. The number of rotatable bonds is 31. The highest BCUT2D eigenvalue weighted by Gasteiger charge is 2.06. The number of ether oxygens (including phenoxy) is 10. The normalized spacial score (nSPS) is 11.0. The molecule has 0 atom stereocenters. The summed E-state index contributed by atoms with van der Waals surface area (Å²) < 4.78 is 53.6. The topological polar surface area (TPSA) is 130 Å². The van der Waals surface area contributed by atoms with E-state index in [-0.39, 0.29) is 25.2 Å². The van der Waals surface area contributed by atoms with Gasteiger partial charge >= 0.3 is 11.9 Å². The molecule has 248 valence electrons. The van der Waals surface area contributed by atoms with E-state index in [1.165, 1.54) is 13.8 Å². The Kier molecular flexibility index (Phi) is 26.7. The summed E-state index contributed by atoms with van der Waals surface area (Å²) in [5.41, 5.74) is 1.11. The van der Waals surface area contributed by atoms with Crippen molar-refractivity contribution in [3.63, 3.8) is 0 Å². The maximum Gasteiger partial charge on any atom is 0.302 e. The Labute approximate surface area is 255 Å². The molecule has 13 nitrogen and oxygen atoms in total. The van der Waals surface area contributed by atoms with Gasteiger partial charge in [0.15, 0.2) is 0 Å². The second-order valence-corrected chi connectivity index (χ2v) is 8.90. The average molecular weight is 618 g/mol. The summed E-state index contributed by atoms with van der Waals surface area (Å²) in [5, 5.41) is 0. The van der Waals surface area contributed by atoms with Gasteiger partial charge in [-0.2, -0.15) is 0 Å². The lowest BCUT2D eigenvalue weighted by atomic mass is 10.3. The minimum atomic E-state index is -0.313. The van der Waals surface area contributed by atoms with Crippen LogP contribution < -0.4 is 4.90 Å². The van der Waals surface area contributed by atoms with E-state index in [0.717, 1.165) is 18.8 Å². The van der Waals surface area contributed by atoms with E-state index >= 15 is 0 Å². The fraction of sp³-hybridized carbons (Fsp3) is 0.733. The third kappa shape index (κ3) is 27.0. The summed E-state index contributed by atoms with van der Waals surface area (Å²) in [6.45, 7) is 12.3. The zero-order chi connectivity index (χ0) is 31.1. The Balaban J connectivity index is 1.97. The highest BCUT2D eigenvalue weighted by Crippen LogP contribution is 2.12. The van der Waals surface area contributed by atoms with Crippen LogP contribution in [0, 0.1) is 0 Å². The number of carbonyl (C=O) groups excluding carboxylic acids is 2. The van der Waals surface area contributed by atoms with Crippen molar-refractivity contribution in [3.05, 3.63) is 30.3 Å². The van der Waals surface area contributed by atoms with Crippen LogP contribution in [-0.4, -0.2) is 144 Å². The predicted octanol–water partition coefficient (Wildman–Crippen LogP) is 1.75. The van der Waals surface area contributed by atoms with Gasteiger partial charge in [0.1, 0.15) is 13.2 Å². The quantitative estimate of drug-likeness (QED) is 0.0887. The largest absolute Gasteiger partial charge is 0.463 e. The summed E-state index contributed by atoms with van der Waals surface area (Å²) >= 11 is 0. The minimum absolute atomic E-state index is 0.254. The molecule has 0 saturated carbocycles. The number of esters is 2. The molecule has 0 amide bonds. The fourth-order valence-corrected chi connectivity index (χ4v) is 3.37. The van der Waals surface area contributed by atoms with Crippen LogP contribution in [0.2, 0.25) is 0 Å². The molecule has 0 aliphatic heterocycles. The van der Waals surface area contributed by atoms with E-state index < -0.39 is 0 Å². The lowest BCUT2D eigenvalue weighted by molar-refractivity contribution is -0.143. The van der Waals surface area contributed by atoms with Crippen LogP contribution in [0.25, 0.3) is 0 Å². The lowest BCUT2D eigenvalue weighted by Crippen LogP contribution is -2.31.